The van der Waals surface area contributed by atoms with Crippen molar-refractivity contribution < 1.29 is 9.59 Å². The second-order valence-corrected chi connectivity index (χ2v) is 7.32. The van der Waals surface area contributed by atoms with Gasteiger partial charge in [-0.05, 0) is 52.0 Å². The number of rotatable bonds is 5. The number of benzene rings is 1. The average Bonchev–Trinajstić information content (AvgIpc) is 2.87. The molecule has 1 heterocycles. The van der Waals surface area contributed by atoms with E-state index in [-0.39, 0.29) is 11.8 Å². The van der Waals surface area contributed by atoms with Gasteiger partial charge in [0.1, 0.15) is 0 Å². The average molecular weight is 365 g/mol. The Labute approximate surface area is 151 Å². The van der Waals surface area contributed by atoms with Crippen molar-refractivity contribution >= 4 is 40.4 Å². The second-order valence-electron chi connectivity index (χ2n) is 5.45. The Morgan fingerprint density at radius 2 is 1.79 bits per heavy atom. The van der Waals surface area contributed by atoms with Gasteiger partial charge in [-0.15, -0.1) is 11.3 Å². The van der Waals surface area contributed by atoms with E-state index in [0.29, 0.717) is 34.9 Å². The van der Waals surface area contributed by atoms with Crippen LogP contribution in [0.4, 0.5) is 5.69 Å². The number of carbonyl (C=O) groups excluding carboxylic acids is 2. The van der Waals surface area contributed by atoms with Crippen LogP contribution in [0.5, 0.6) is 0 Å². The highest BCUT2D eigenvalue weighted by Gasteiger charge is 2.17. The number of nitrogens with zero attached hydrogens (tertiary/aromatic N) is 1. The molecule has 2 aromatic rings. The lowest BCUT2D eigenvalue weighted by Crippen LogP contribution is -2.30. The zero-order valence-corrected chi connectivity index (χ0v) is 15.8. The van der Waals surface area contributed by atoms with Crippen LogP contribution in [0.15, 0.2) is 24.3 Å². The fraction of sp³-hybridized carbons (Fsp3) is 0.333. The molecule has 0 spiro atoms. The van der Waals surface area contributed by atoms with Crippen LogP contribution in [0.1, 0.15) is 44.3 Å². The van der Waals surface area contributed by atoms with Gasteiger partial charge in [0.05, 0.1) is 16.1 Å². The van der Waals surface area contributed by atoms with E-state index in [1.807, 2.05) is 33.8 Å². The van der Waals surface area contributed by atoms with Crippen molar-refractivity contribution in [2.75, 3.05) is 18.4 Å². The van der Waals surface area contributed by atoms with E-state index in [0.717, 1.165) is 9.75 Å². The largest absolute Gasteiger partial charge is 0.339 e. The molecule has 0 aliphatic rings. The summed E-state index contributed by atoms with van der Waals surface area (Å²) < 4.78 is 0. The van der Waals surface area contributed by atoms with Crippen LogP contribution in [0.3, 0.4) is 0 Å². The second kappa shape index (κ2) is 7.81. The summed E-state index contributed by atoms with van der Waals surface area (Å²) >= 11 is 7.84. The third-order valence-electron chi connectivity index (χ3n) is 3.79. The minimum absolute atomic E-state index is 0.104. The number of halogens is 1. The summed E-state index contributed by atoms with van der Waals surface area (Å²) in [4.78, 5) is 28.5. The Kier molecular flexibility index (Phi) is 6.02. The van der Waals surface area contributed by atoms with E-state index >= 15 is 0 Å². The molecule has 0 aliphatic heterocycles. The predicted molar refractivity (Wildman–Crippen MR) is 100 cm³/mol. The number of hydrogen-bond donors (Lipinski definition) is 1. The summed E-state index contributed by atoms with van der Waals surface area (Å²) in [6.45, 7) is 9.00. The zero-order valence-electron chi connectivity index (χ0n) is 14.3. The van der Waals surface area contributed by atoms with Crippen molar-refractivity contribution in [3.05, 3.63) is 50.2 Å². The molecule has 4 nitrogen and oxygen atoms in total. The van der Waals surface area contributed by atoms with Crippen molar-refractivity contribution in [3.63, 3.8) is 0 Å². The Morgan fingerprint density at radius 3 is 2.29 bits per heavy atom. The number of thiophene rings is 1. The van der Waals surface area contributed by atoms with Gasteiger partial charge in [-0.2, -0.15) is 0 Å². The van der Waals surface area contributed by atoms with Crippen molar-refractivity contribution in [1.29, 1.82) is 0 Å². The molecule has 6 heteroatoms. The molecule has 0 aliphatic carbocycles. The van der Waals surface area contributed by atoms with Gasteiger partial charge in [0.15, 0.2) is 0 Å². The highest BCUT2D eigenvalue weighted by atomic mass is 35.5. The van der Waals surface area contributed by atoms with E-state index < -0.39 is 0 Å². The highest BCUT2D eigenvalue weighted by molar-refractivity contribution is 7.12. The van der Waals surface area contributed by atoms with Crippen molar-refractivity contribution in [2.24, 2.45) is 0 Å². The summed E-state index contributed by atoms with van der Waals surface area (Å²) in [7, 11) is 0. The zero-order chi connectivity index (χ0) is 17.9. The quantitative estimate of drug-likeness (QED) is 0.832. The van der Waals surface area contributed by atoms with E-state index in [2.05, 4.69) is 5.32 Å². The van der Waals surface area contributed by atoms with E-state index in [9.17, 15) is 9.59 Å². The number of amides is 2. The molecular formula is C18H21ClN2O2S. The maximum absolute atomic E-state index is 12.4. The molecule has 0 atom stereocenters. The maximum atomic E-state index is 12.4. The minimum Gasteiger partial charge on any atom is -0.339 e. The summed E-state index contributed by atoms with van der Waals surface area (Å²) in [5, 5.41) is 3.17. The smallest absolute Gasteiger partial charge is 0.256 e. The lowest BCUT2D eigenvalue weighted by Gasteiger charge is -2.19. The molecular weight excluding hydrogens is 344 g/mol. The normalized spacial score (nSPS) is 10.5. The molecule has 1 aromatic carbocycles. The Hall–Kier alpha value is -1.85. The number of hydrogen-bond acceptors (Lipinski definition) is 3. The van der Waals surface area contributed by atoms with Crippen LogP contribution >= 0.6 is 22.9 Å². The first-order valence-corrected chi connectivity index (χ1v) is 9.04. The number of aryl methyl sites for hydroxylation is 2. The van der Waals surface area contributed by atoms with Crippen molar-refractivity contribution in [1.82, 2.24) is 4.90 Å². The molecule has 24 heavy (non-hydrogen) atoms. The van der Waals surface area contributed by atoms with Crippen molar-refractivity contribution in [3.8, 4) is 0 Å². The third-order valence-corrected chi connectivity index (χ3v) is 5.07. The fourth-order valence-corrected chi connectivity index (χ4v) is 3.68. The van der Waals surface area contributed by atoms with E-state index in [1.54, 1.807) is 34.4 Å². The monoisotopic (exact) mass is 364 g/mol. The van der Waals surface area contributed by atoms with Crippen LogP contribution in [0, 0.1) is 13.8 Å². The van der Waals surface area contributed by atoms with Crippen LogP contribution in [0.2, 0.25) is 5.02 Å². The maximum Gasteiger partial charge on any atom is 0.256 e. The van der Waals surface area contributed by atoms with E-state index in [1.165, 1.54) is 0 Å². The van der Waals surface area contributed by atoms with Crippen LogP contribution in [-0.4, -0.2) is 29.8 Å². The molecule has 0 fully saturated rings. The van der Waals surface area contributed by atoms with Gasteiger partial charge in [0.2, 0.25) is 0 Å². The van der Waals surface area contributed by atoms with Gasteiger partial charge in [0, 0.05) is 28.5 Å². The SMILES string of the molecule is CCN(CC)C(=O)c1ccc(NC(=O)c2cc(C)sc2C)cc1Cl. The van der Waals surface area contributed by atoms with Crippen LogP contribution < -0.4 is 5.32 Å². The molecule has 1 N–H and O–H groups in total. The topological polar surface area (TPSA) is 49.4 Å². The predicted octanol–water partition coefficient (Wildman–Crippen LogP) is 4.75. The summed E-state index contributed by atoms with van der Waals surface area (Å²) in [6.07, 6.45) is 0. The van der Waals surface area contributed by atoms with Gasteiger partial charge in [-0.1, -0.05) is 11.6 Å². The Morgan fingerprint density at radius 1 is 1.12 bits per heavy atom. The van der Waals surface area contributed by atoms with E-state index in [4.69, 9.17) is 11.6 Å². The standard InChI is InChI=1S/C18H21ClN2O2S/c1-5-21(6-2)18(23)14-8-7-13(10-16(14)19)20-17(22)15-9-11(3)24-12(15)4/h7-10H,5-6H2,1-4H3,(H,20,22). The van der Waals surface area contributed by atoms with Gasteiger partial charge < -0.3 is 10.2 Å². The molecule has 0 saturated heterocycles. The molecule has 1 aromatic heterocycles. The van der Waals surface area contributed by atoms with Crippen LogP contribution in [-0.2, 0) is 0 Å². The fourth-order valence-electron chi connectivity index (χ4n) is 2.50. The van der Waals surface area contributed by atoms with Crippen LogP contribution in [0.25, 0.3) is 0 Å². The highest BCUT2D eigenvalue weighted by Crippen LogP contribution is 2.25. The van der Waals surface area contributed by atoms with Gasteiger partial charge in [-0.25, -0.2) is 0 Å². The first-order chi connectivity index (χ1) is 11.4. The van der Waals surface area contributed by atoms with Gasteiger partial charge >= 0.3 is 0 Å². The van der Waals surface area contributed by atoms with Gasteiger partial charge in [0.25, 0.3) is 11.8 Å². The molecule has 0 bridgehead atoms. The number of nitrogens with one attached hydrogen (secondary N) is 1. The molecule has 0 saturated carbocycles. The Bertz CT molecular complexity index is 766. The third kappa shape index (κ3) is 3.97. The number of carbonyl (C=O) groups is 2. The number of anilines is 1. The molecule has 2 amide bonds. The summed E-state index contributed by atoms with van der Waals surface area (Å²) in [5.41, 5.74) is 1.68. The lowest BCUT2D eigenvalue weighted by atomic mass is 10.1. The van der Waals surface area contributed by atoms with Crippen molar-refractivity contribution in [2.45, 2.75) is 27.7 Å². The molecule has 2 rings (SSSR count). The minimum atomic E-state index is -0.171. The lowest BCUT2D eigenvalue weighted by molar-refractivity contribution is 0.0773. The van der Waals surface area contributed by atoms with Gasteiger partial charge in [-0.3, -0.25) is 9.59 Å². The summed E-state index contributed by atoms with van der Waals surface area (Å²) in [5.74, 6) is -0.275. The summed E-state index contributed by atoms with van der Waals surface area (Å²) in [6, 6.07) is 6.85. The molecule has 0 radical (unpaired) electrons. The molecule has 128 valence electrons. The first-order valence-electron chi connectivity index (χ1n) is 7.84. The Balaban J connectivity index is 2.19. The first kappa shape index (κ1) is 18.5. The molecule has 0 unspecified atom stereocenters.